The molecule has 6 unspecified atom stereocenters. The molecule has 0 aliphatic carbocycles. The maximum absolute atomic E-state index is 13.1. The topological polar surface area (TPSA) is 175 Å². The van der Waals surface area contributed by atoms with E-state index in [1.807, 2.05) is 0 Å². The van der Waals surface area contributed by atoms with Crippen LogP contribution < -0.4 is 0 Å². The Hall–Kier alpha value is -3.84. The summed E-state index contributed by atoms with van der Waals surface area (Å²) in [6.07, 6.45) is 51.6. The number of carbonyl (C=O) groups excluding carboxylic acids is 3. The molecule has 1 aliphatic heterocycles. The Morgan fingerprint density at radius 3 is 1.31 bits per heavy atom. The normalized spacial score (nSPS) is 18.7. The van der Waals surface area contributed by atoms with E-state index in [9.17, 15) is 34.5 Å². The molecule has 0 spiro atoms. The number of carboxylic acid groups (broad SMARTS) is 1. The fourth-order valence-corrected chi connectivity index (χ4v) is 8.68. The van der Waals surface area contributed by atoms with Crippen molar-refractivity contribution in [2.45, 2.75) is 289 Å². The number of allylic oxidation sites excluding steroid dienone is 12. The van der Waals surface area contributed by atoms with Gasteiger partial charge in [0.15, 0.2) is 24.6 Å². The van der Waals surface area contributed by atoms with E-state index in [2.05, 4.69) is 93.7 Å². The van der Waals surface area contributed by atoms with Crippen molar-refractivity contribution in [3.63, 3.8) is 0 Å². The highest BCUT2D eigenvalue weighted by atomic mass is 16.7. The number of esters is 3. The lowest BCUT2D eigenvalue weighted by molar-refractivity contribution is -0.301. The summed E-state index contributed by atoms with van der Waals surface area (Å²) in [5, 5.41) is 31.5. The number of unbranched alkanes of at least 4 members (excludes halogenated alkanes) is 24. The number of carboxylic acids is 1. The van der Waals surface area contributed by atoms with Gasteiger partial charge in [-0.05, 0) is 89.9 Å². The van der Waals surface area contributed by atoms with Gasteiger partial charge in [0.2, 0.25) is 0 Å². The zero-order chi connectivity index (χ0) is 54.7. The van der Waals surface area contributed by atoms with E-state index < -0.39 is 67.3 Å². The van der Waals surface area contributed by atoms with Crippen LogP contribution >= 0.6 is 0 Å². The fourth-order valence-electron chi connectivity index (χ4n) is 8.68. The summed E-state index contributed by atoms with van der Waals surface area (Å²) in [4.78, 5) is 51.0. The lowest BCUT2D eigenvalue weighted by atomic mass is 9.98. The second kappa shape index (κ2) is 50.9. The van der Waals surface area contributed by atoms with E-state index in [-0.39, 0.29) is 25.9 Å². The van der Waals surface area contributed by atoms with Crippen LogP contribution in [0.2, 0.25) is 0 Å². The summed E-state index contributed by atoms with van der Waals surface area (Å²) >= 11 is 0. The van der Waals surface area contributed by atoms with Crippen LogP contribution in [0.15, 0.2) is 72.9 Å². The van der Waals surface area contributed by atoms with Gasteiger partial charge < -0.3 is 39.0 Å². The second-order valence-corrected chi connectivity index (χ2v) is 20.3. The number of aliphatic hydroxyl groups is 2. The minimum absolute atomic E-state index is 0.0442. The van der Waals surface area contributed by atoms with Crippen LogP contribution in [0.4, 0.5) is 0 Å². The Morgan fingerprint density at radius 2 is 0.840 bits per heavy atom. The van der Waals surface area contributed by atoms with E-state index in [4.69, 9.17) is 23.7 Å². The van der Waals surface area contributed by atoms with Gasteiger partial charge in [-0.2, -0.15) is 0 Å². The van der Waals surface area contributed by atoms with Crippen molar-refractivity contribution < 1.29 is 58.2 Å². The summed E-state index contributed by atoms with van der Waals surface area (Å²) in [7, 11) is 0. The Kier molecular flexibility index (Phi) is 47.0. The molecular formula is C63H106O12. The fraction of sp³-hybridized carbons (Fsp3) is 0.746. The summed E-state index contributed by atoms with van der Waals surface area (Å²) < 4.78 is 28.4. The number of carbonyl (C=O) groups is 4. The number of ether oxygens (including phenoxy) is 5. The van der Waals surface area contributed by atoms with Gasteiger partial charge in [-0.25, -0.2) is 4.79 Å². The number of hydrogen-bond acceptors (Lipinski definition) is 11. The largest absolute Gasteiger partial charge is 0.479 e. The second-order valence-electron chi connectivity index (χ2n) is 20.3. The molecule has 12 heteroatoms. The average Bonchev–Trinajstić information content (AvgIpc) is 3.39. The van der Waals surface area contributed by atoms with Gasteiger partial charge in [-0.3, -0.25) is 14.4 Å². The van der Waals surface area contributed by atoms with Crippen LogP contribution in [0.3, 0.4) is 0 Å². The highest BCUT2D eigenvalue weighted by molar-refractivity contribution is 5.74. The molecule has 0 radical (unpaired) electrons. The first-order valence-electron chi connectivity index (χ1n) is 29.9. The minimum Gasteiger partial charge on any atom is -0.479 e. The van der Waals surface area contributed by atoms with Gasteiger partial charge in [0, 0.05) is 19.3 Å². The molecule has 1 heterocycles. The highest BCUT2D eigenvalue weighted by Gasteiger charge is 2.50. The van der Waals surface area contributed by atoms with E-state index in [0.717, 1.165) is 128 Å². The lowest BCUT2D eigenvalue weighted by Crippen LogP contribution is -2.61. The molecule has 0 aromatic heterocycles. The third kappa shape index (κ3) is 41.0. The van der Waals surface area contributed by atoms with Gasteiger partial charge >= 0.3 is 23.9 Å². The van der Waals surface area contributed by atoms with Gasteiger partial charge in [0.25, 0.3) is 0 Å². The third-order valence-electron chi connectivity index (χ3n) is 13.3. The summed E-state index contributed by atoms with van der Waals surface area (Å²) in [5.41, 5.74) is 0. The molecule has 12 nitrogen and oxygen atoms in total. The molecule has 0 bridgehead atoms. The molecule has 430 valence electrons. The van der Waals surface area contributed by atoms with Crippen molar-refractivity contribution in [2.24, 2.45) is 0 Å². The van der Waals surface area contributed by atoms with Gasteiger partial charge in [-0.15, -0.1) is 0 Å². The van der Waals surface area contributed by atoms with Crippen LogP contribution in [-0.4, -0.2) is 89.2 Å². The van der Waals surface area contributed by atoms with Gasteiger partial charge in [0.05, 0.1) is 6.61 Å². The SMILES string of the molecule is CC/C=C\C/C=C\C/C=C\CCCCCCCCCC(=O)OCC(COC1OC(C(=O)O)C(O)C(O)C1OC(=O)CCCCCCCC/C=C\C/C=C\C/C=C\CCCCC)OC(=O)CCCCCCCCCCC. The molecular weight excluding hydrogens is 949 g/mol. The van der Waals surface area contributed by atoms with Crippen molar-refractivity contribution in [3.05, 3.63) is 72.9 Å². The zero-order valence-corrected chi connectivity index (χ0v) is 47.3. The standard InChI is InChI=1S/C63H106O12/c1-4-7-10-13-16-19-21-23-25-27-28-30-32-34-36-39-42-45-48-51-57(66)74-61-59(68)58(67)60(62(69)70)75-63(61)72-53-54(73-56(65)50-47-44-41-37-18-15-12-9-6-3)52-71-55(64)49-46-43-40-38-35-33-31-29-26-24-22-20-17-14-11-8-5-2/h8,11,16-17,19-20,23-26,28,30,54,58-61,63,67-68H,4-7,9-10,12-15,18,21-22,27,29,31-53H2,1-3H3,(H,69,70)/b11-8-,19-16-,20-17-,25-23-,26-24-,30-28-. The first kappa shape index (κ1) is 69.2. The monoisotopic (exact) mass is 1050 g/mol. The molecule has 1 rings (SSSR count). The molecule has 3 N–H and O–H groups in total. The molecule has 0 aromatic rings. The predicted octanol–water partition coefficient (Wildman–Crippen LogP) is 15.3. The first-order chi connectivity index (χ1) is 36.6. The highest BCUT2D eigenvalue weighted by Crippen LogP contribution is 2.26. The molecule has 6 atom stereocenters. The van der Waals surface area contributed by atoms with Crippen molar-refractivity contribution in [1.29, 1.82) is 0 Å². The average molecular weight is 1060 g/mol. The number of aliphatic carboxylic acids is 1. The van der Waals surface area contributed by atoms with Crippen LogP contribution in [0.5, 0.6) is 0 Å². The smallest absolute Gasteiger partial charge is 0.335 e. The van der Waals surface area contributed by atoms with Crippen molar-refractivity contribution in [2.75, 3.05) is 13.2 Å². The van der Waals surface area contributed by atoms with E-state index in [1.54, 1.807) is 0 Å². The third-order valence-corrected chi connectivity index (χ3v) is 13.3. The van der Waals surface area contributed by atoms with Crippen LogP contribution in [0, 0.1) is 0 Å². The Balaban J connectivity index is 2.64. The molecule has 0 aromatic carbocycles. The summed E-state index contributed by atoms with van der Waals surface area (Å²) in [6.45, 7) is 5.82. The number of aliphatic hydroxyl groups excluding tert-OH is 2. The van der Waals surface area contributed by atoms with Crippen molar-refractivity contribution >= 4 is 23.9 Å². The maximum Gasteiger partial charge on any atom is 0.335 e. The molecule has 75 heavy (non-hydrogen) atoms. The molecule has 1 fully saturated rings. The van der Waals surface area contributed by atoms with Crippen LogP contribution in [0.25, 0.3) is 0 Å². The minimum atomic E-state index is -1.91. The van der Waals surface area contributed by atoms with E-state index in [0.29, 0.717) is 19.3 Å². The molecule has 0 amide bonds. The zero-order valence-electron chi connectivity index (χ0n) is 47.3. The quantitative estimate of drug-likeness (QED) is 0.0228. The number of hydrogen-bond donors (Lipinski definition) is 3. The Bertz CT molecular complexity index is 1580. The summed E-state index contributed by atoms with van der Waals surface area (Å²) in [5.74, 6) is -3.14. The van der Waals surface area contributed by atoms with E-state index in [1.165, 1.54) is 64.2 Å². The van der Waals surface area contributed by atoms with Crippen molar-refractivity contribution in [1.82, 2.24) is 0 Å². The predicted molar refractivity (Wildman–Crippen MR) is 303 cm³/mol. The van der Waals surface area contributed by atoms with Crippen molar-refractivity contribution in [3.8, 4) is 0 Å². The summed E-state index contributed by atoms with van der Waals surface area (Å²) in [6, 6.07) is 0. The lowest BCUT2D eigenvalue weighted by Gasteiger charge is -2.40. The first-order valence-corrected chi connectivity index (χ1v) is 29.9. The Labute approximate surface area is 455 Å². The van der Waals surface area contributed by atoms with Crippen LogP contribution in [-0.2, 0) is 42.9 Å². The molecule has 1 aliphatic rings. The molecule has 1 saturated heterocycles. The molecule has 0 saturated carbocycles. The van der Waals surface area contributed by atoms with Gasteiger partial charge in [0.1, 0.15) is 18.8 Å². The van der Waals surface area contributed by atoms with Crippen LogP contribution in [0.1, 0.15) is 252 Å². The number of rotatable bonds is 50. The maximum atomic E-state index is 13.1. The van der Waals surface area contributed by atoms with E-state index >= 15 is 0 Å². The Morgan fingerprint density at radius 1 is 0.453 bits per heavy atom. The van der Waals surface area contributed by atoms with Gasteiger partial charge in [-0.1, -0.05) is 216 Å².